The van der Waals surface area contributed by atoms with E-state index in [-0.39, 0.29) is 0 Å². The average molecular weight is 203 g/mol. The Morgan fingerprint density at radius 1 is 1.40 bits per heavy atom. The number of hydrogen-bond acceptors (Lipinski definition) is 3. The van der Waals surface area contributed by atoms with Gasteiger partial charge in [0.15, 0.2) is 0 Å². The Morgan fingerprint density at radius 2 is 2.20 bits per heavy atom. The number of methoxy groups -OCH3 is 1. The Bertz CT molecular complexity index is 476. The molecule has 0 amide bonds. The van der Waals surface area contributed by atoms with Crippen molar-refractivity contribution < 1.29 is 4.74 Å². The zero-order chi connectivity index (χ0) is 10.8. The van der Waals surface area contributed by atoms with E-state index in [2.05, 4.69) is 5.10 Å². The summed E-state index contributed by atoms with van der Waals surface area (Å²) in [6.45, 7) is 2.00. The van der Waals surface area contributed by atoms with Crippen molar-refractivity contribution in [3.05, 3.63) is 36.2 Å². The van der Waals surface area contributed by atoms with Crippen LogP contribution in [0.15, 0.2) is 30.6 Å². The van der Waals surface area contributed by atoms with Crippen LogP contribution < -0.4 is 10.5 Å². The summed E-state index contributed by atoms with van der Waals surface area (Å²) in [6, 6.07) is 5.59. The highest BCUT2D eigenvalue weighted by Gasteiger charge is 2.02. The van der Waals surface area contributed by atoms with Gasteiger partial charge in [-0.15, -0.1) is 0 Å². The van der Waals surface area contributed by atoms with Crippen LogP contribution in [0.1, 0.15) is 5.56 Å². The zero-order valence-electron chi connectivity index (χ0n) is 8.77. The summed E-state index contributed by atoms with van der Waals surface area (Å²) in [5.74, 6) is 0.683. The molecule has 0 saturated carbocycles. The standard InChI is InChI=1S/C11H13N3O/c1-8-6-13-14(7-8)9-3-4-11(15-2)10(12)5-9/h3-7H,12H2,1-2H3. The van der Waals surface area contributed by atoms with Crippen molar-refractivity contribution in [3.63, 3.8) is 0 Å². The minimum Gasteiger partial charge on any atom is -0.495 e. The van der Waals surface area contributed by atoms with Gasteiger partial charge in [-0.25, -0.2) is 4.68 Å². The molecule has 0 aliphatic heterocycles. The first-order valence-corrected chi connectivity index (χ1v) is 4.66. The summed E-state index contributed by atoms with van der Waals surface area (Å²) in [6.07, 6.45) is 3.75. The number of benzene rings is 1. The topological polar surface area (TPSA) is 53.1 Å². The molecule has 0 fully saturated rings. The van der Waals surface area contributed by atoms with Crippen LogP contribution in [0.5, 0.6) is 5.75 Å². The molecule has 4 heteroatoms. The van der Waals surface area contributed by atoms with Gasteiger partial charge in [0.05, 0.1) is 24.7 Å². The first kappa shape index (κ1) is 9.58. The van der Waals surface area contributed by atoms with Crippen LogP contribution in [0.4, 0.5) is 5.69 Å². The lowest BCUT2D eigenvalue weighted by molar-refractivity contribution is 0.417. The summed E-state index contributed by atoms with van der Waals surface area (Å²) in [7, 11) is 1.60. The van der Waals surface area contributed by atoms with Crippen molar-refractivity contribution in [1.82, 2.24) is 9.78 Å². The van der Waals surface area contributed by atoms with Crippen LogP contribution in [-0.4, -0.2) is 16.9 Å². The fraction of sp³-hybridized carbons (Fsp3) is 0.182. The van der Waals surface area contributed by atoms with E-state index < -0.39 is 0 Å². The van der Waals surface area contributed by atoms with E-state index in [9.17, 15) is 0 Å². The van der Waals surface area contributed by atoms with Gasteiger partial charge in [-0.3, -0.25) is 0 Å². The van der Waals surface area contributed by atoms with Gasteiger partial charge in [0, 0.05) is 6.20 Å². The second-order valence-electron chi connectivity index (χ2n) is 3.39. The SMILES string of the molecule is COc1ccc(-n2cc(C)cn2)cc1N. The number of nitrogen functional groups attached to an aromatic ring is 1. The van der Waals surface area contributed by atoms with Gasteiger partial charge in [-0.05, 0) is 30.7 Å². The summed E-state index contributed by atoms with van der Waals surface area (Å²) < 4.78 is 6.87. The molecule has 0 bridgehead atoms. The molecule has 15 heavy (non-hydrogen) atoms. The molecule has 2 rings (SSSR count). The minimum absolute atomic E-state index is 0.614. The van der Waals surface area contributed by atoms with Crippen LogP contribution >= 0.6 is 0 Å². The van der Waals surface area contributed by atoms with Crippen LogP contribution in [0.3, 0.4) is 0 Å². The Kier molecular flexibility index (Phi) is 2.33. The number of nitrogens with zero attached hydrogens (tertiary/aromatic N) is 2. The van der Waals surface area contributed by atoms with Gasteiger partial charge in [0.2, 0.25) is 0 Å². The number of nitrogens with two attached hydrogens (primary N) is 1. The summed E-state index contributed by atoms with van der Waals surface area (Å²) >= 11 is 0. The van der Waals surface area contributed by atoms with Gasteiger partial charge in [-0.2, -0.15) is 5.10 Å². The van der Waals surface area contributed by atoms with Gasteiger partial charge in [0.1, 0.15) is 5.75 Å². The van der Waals surface area contributed by atoms with Crippen molar-refractivity contribution in [2.24, 2.45) is 0 Å². The third kappa shape index (κ3) is 1.79. The molecule has 0 aliphatic rings. The van der Waals surface area contributed by atoms with E-state index in [0.29, 0.717) is 11.4 Å². The molecule has 4 nitrogen and oxygen atoms in total. The zero-order valence-corrected chi connectivity index (χ0v) is 8.77. The van der Waals surface area contributed by atoms with E-state index >= 15 is 0 Å². The second kappa shape index (κ2) is 3.65. The monoisotopic (exact) mass is 203 g/mol. The van der Waals surface area contributed by atoms with E-state index in [1.54, 1.807) is 18.0 Å². The molecule has 2 aromatic rings. The van der Waals surface area contributed by atoms with Crippen LogP contribution in [0.25, 0.3) is 5.69 Å². The van der Waals surface area contributed by atoms with Gasteiger partial charge < -0.3 is 10.5 Å². The minimum atomic E-state index is 0.614. The molecule has 1 heterocycles. The van der Waals surface area contributed by atoms with E-state index in [0.717, 1.165) is 11.3 Å². The van der Waals surface area contributed by atoms with Crippen LogP contribution in [0.2, 0.25) is 0 Å². The third-order valence-corrected chi connectivity index (χ3v) is 2.19. The van der Waals surface area contributed by atoms with E-state index in [1.807, 2.05) is 31.3 Å². The molecule has 1 aromatic heterocycles. The maximum Gasteiger partial charge on any atom is 0.141 e. The van der Waals surface area contributed by atoms with E-state index in [4.69, 9.17) is 10.5 Å². The molecule has 0 unspecified atom stereocenters. The Morgan fingerprint density at radius 3 is 2.73 bits per heavy atom. The fourth-order valence-corrected chi connectivity index (χ4v) is 1.42. The van der Waals surface area contributed by atoms with Gasteiger partial charge >= 0.3 is 0 Å². The highest BCUT2D eigenvalue weighted by atomic mass is 16.5. The molecule has 0 saturated heterocycles. The van der Waals surface area contributed by atoms with E-state index in [1.165, 1.54) is 0 Å². The number of anilines is 1. The largest absolute Gasteiger partial charge is 0.495 e. The molecule has 78 valence electrons. The number of rotatable bonds is 2. The molecule has 0 aliphatic carbocycles. The lowest BCUT2D eigenvalue weighted by Crippen LogP contribution is -1.98. The highest BCUT2D eigenvalue weighted by Crippen LogP contribution is 2.23. The number of aromatic nitrogens is 2. The van der Waals surface area contributed by atoms with Crippen LogP contribution in [-0.2, 0) is 0 Å². The van der Waals surface area contributed by atoms with Crippen molar-refractivity contribution in [1.29, 1.82) is 0 Å². The lowest BCUT2D eigenvalue weighted by Gasteiger charge is -2.06. The fourth-order valence-electron chi connectivity index (χ4n) is 1.42. The number of aryl methyl sites for hydroxylation is 1. The predicted octanol–water partition coefficient (Wildman–Crippen LogP) is 1.77. The average Bonchev–Trinajstić information content (AvgIpc) is 2.65. The Hall–Kier alpha value is -1.97. The molecule has 0 atom stereocenters. The molecule has 1 aromatic carbocycles. The van der Waals surface area contributed by atoms with Crippen molar-refractivity contribution in [2.45, 2.75) is 6.92 Å². The molecular formula is C11H13N3O. The highest BCUT2D eigenvalue weighted by molar-refractivity contribution is 5.58. The second-order valence-corrected chi connectivity index (χ2v) is 3.39. The first-order chi connectivity index (χ1) is 7.20. The summed E-state index contributed by atoms with van der Waals surface area (Å²) in [5, 5.41) is 4.20. The quantitative estimate of drug-likeness (QED) is 0.757. The maximum atomic E-state index is 5.81. The van der Waals surface area contributed by atoms with Crippen molar-refractivity contribution >= 4 is 5.69 Å². The summed E-state index contributed by atoms with van der Waals surface area (Å²) in [4.78, 5) is 0. The Labute approximate surface area is 88.3 Å². The van der Waals surface area contributed by atoms with Crippen molar-refractivity contribution in [2.75, 3.05) is 12.8 Å². The predicted molar refractivity (Wildman–Crippen MR) is 59.3 cm³/mol. The van der Waals surface area contributed by atoms with Crippen molar-refractivity contribution in [3.8, 4) is 11.4 Å². The molecule has 2 N–H and O–H groups in total. The lowest BCUT2D eigenvalue weighted by atomic mass is 10.2. The maximum absolute atomic E-state index is 5.81. The normalized spacial score (nSPS) is 10.3. The van der Waals surface area contributed by atoms with Crippen LogP contribution in [0, 0.1) is 6.92 Å². The van der Waals surface area contributed by atoms with Gasteiger partial charge in [-0.1, -0.05) is 0 Å². The first-order valence-electron chi connectivity index (χ1n) is 4.66. The molecule has 0 radical (unpaired) electrons. The molecular weight excluding hydrogens is 190 g/mol. The smallest absolute Gasteiger partial charge is 0.141 e. The Balaban J connectivity index is 2.42. The third-order valence-electron chi connectivity index (χ3n) is 2.19. The number of hydrogen-bond donors (Lipinski definition) is 1. The molecule has 0 spiro atoms. The summed E-state index contributed by atoms with van der Waals surface area (Å²) in [5.41, 5.74) is 8.47. The number of ether oxygens (including phenoxy) is 1. The van der Waals surface area contributed by atoms with Gasteiger partial charge in [0.25, 0.3) is 0 Å².